The van der Waals surface area contributed by atoms with E-state index < -0.39 is 16.8 Å². The highest BCUT2D eigenvalue weighted by Gasteiger charge is 2.60. The summed E-state index contributed by atoms with van der Waals surface area (Å²) >= 11 is 0. The second-order valence-corrected chi connectivity index (χ2v) is 5.93. The molecule has 3 rings (SSSR count). The molecule has 0 radical (unpaired) electrons. The molecule has 0 heterocycles. The van der Waals surface area contributed by atoms with Crippen molar-refractivity contribution in [3.05, 3.63) is 11.6 Å². The fraction of sp³-hybridized carbons (Fsp3) is 0.643. The molecule has 0 amide bonds. The van der Waals surface area contributed by atoms with Crippen LogP contribution < -0.4 is 0 Å². The number of ketones is 1. The first-order chi connectivity index (χ1) is 8.79. The van der Waals surface area contributed by atoms with Crippen molar-refractivity contribution in [2.45, 2.75) is 34.1 Å². The van der Waals surface area contributed by atoms with Gasteiger partial charge in [-0.2, -0.15) is 0 Å². The van der Waals surface area contributed by atoms with Crippen LogP contribution in [0.4, 0.5) is 0 Å². The molecular weight excluding hydrogens is 246 g/mol. The van der Waals surface area contributed by atoms with Crippen LogP contribution in [0.5, 0.6) is 0 Å². The molecule has 19 heavy (non-hydrogen) atoms. The van der Waals surface area contributed by atoms with Crippen LogP contribution in [-0.4, -0.2) is 29.3 Å². The van der Waals surface area contributed by atoms with Gasteiger partial charge in [-0.1, -0.05) is 25.1 Å². The second kappa shape index (κ2) is 4.18. The molecule has 1 N–H and O–H groups in total. The predicted octanol–water partition coefficient (Wildman–Crippen LogP) is 1.94. The van der Waals surface area contributed by atoms with E-state index in [0.29, 0.717) is 11.3 Å². The standard InChI is InChI=1S/C14H19NO4/c1-5-19-11(16)9-6-8-10(15-18)7-14(9,4)12(17)13(8,2)3/h6,8,18H,5,7H2,1-4H3/b15-10+/t8-,14-/m0/s1. The summed E-state index contributed by atoms with van der Waals surface area (Å²) in [5.41, 5.74) is -0.660. The molecule has 0 spiro atoms. The summed E-state index contributed by atoms with van der Waals surface area (Å²) in [6.45, 7) is 7.37. The third-order valence-corrected chi connectivity index (χ3v) is 4.31. The molecule has 3 aliphatic rings. The Morgan fingerprint density at radius 3 is 2.68 bits per heavy atom. The Labute approximate surface area is 112 Å². The van der Waals surface area contributed by atoms with Crippen LogP contribution in [0.1, 0.15) is 34.1 Å². The van der Waals surface area contributed by atoms with Crippen molar-refractivity contribution in [1.82, 2.24) is 0 Å². The highest BCUT2D eigenvalue weighted by Crippen LogP contribution is 2.54. The van der Waals surface area contributed by atoms with Gasteiger partial charge in [0.1, 0.15) is 5.78 Å². The van der Waals surface area contributed by atoms with Gasteiger partial charge in [0.05, 0.1) is 17.7 Å². The minimum absolute atomic E-state index is 0.00273. The molecule has 104 valence electrons. The maximum atomic E-state index is 12.6. The van der Waals surface area contributed by atoms with Crippen molar-refractivity contribution in [3.63, 3.8) is 0 Å². The van der Waals surface area contributed by atoms with Crippen LogP contribution in [-0.2, 0) is 14.3 Å². The summed E-state index contributed by atoms with van der Waals surface area (Å²) in [5.74, 6) is -0.787. The molecule has 1 fully saturated rings. The highest BCUT2D eigenvalue weighted by molar-refractivity contribution is 6.13. The maximum Gasteiger partial charge on any atom is 0.334 e. The van der Waals surface area contributed by atoms with E-state index in [0.717, 1.165) is 0 Å². The topological polar surface area (TPSA) is 76.0 Å². The zero-order valence-electron chi connectivity index (χ0n) is 11.7. The molecule has 5 heteroatoms. The van der Waals surface area contributed by atoms with Crippen molar-refractivity contribution < 1.29 is 19.5 Å². The number of ether oxygens (including phenoxy) is 1. The molecule has 0 unspecified atom stereocenters. The Morgan fingerprint density at radius 1 is 1.53 bits per heavy atom. The van der Waals surface area contributed by atoms with Gasteiger partial charge in [-0.05, 0) is 13.8 Å². The van der Waals surface area contributed by atoms with Gasteiger partial charge in [-0.25, -0.2) is 4.79 Å². The lowest BCUT2D eigenvalue weighted by Crippen LogP contribution is -2.57. The summed E-state index contributed by atoms with van der Waals surface area (Å²) < 4.78 is 5.02. The Hall–Kier alpha value is -1.65. The van der Waals surface area contributed by atoms with Crippen molar-refractivity contribution in [1.29, 1.82) is 0 Å². The Kier molecular flexibility index (Phi) is 3.03. The van der Waals surface area contributed by atoms with Crippen molar-refractivity contribution >= 4 is 17.5 Å². The summed E-state index contributed by atoms with van der Waals surface area (Å²) in [6.07, 6.45) is 2.01. The molecule has 0 aromatic rings. The zero-order chi connectivity index (χ0) is 14.4. The van der Waals surface area contributed by atoms with Gasteiger partial charge < -0.3 is 9.94 Å². The van der Waals surface area contributed by atoms with E-state index in [1.165, 1.54) is 0 Å². The average Bonchev–Trinajstić information content (AvgIpc) is 2.35. The number of fused-ring (bicyclic) bond motifs is 2. The molecule has 0 aromatic carbocycles. The number of allylic oxidation sites excluding steroid dienone is 1. The maximum absolute atomic E-state index is 12.6. The average molecular weight is 265 g/mol. The first-order valence-electron chi connectivity index (χ1n) is 6.44. The number of Topliss-reactive ketones (excluding diaryl/α,β-unsaturated/α-hetero) is 1. The number of hydrogen-bond acceptors (Lipinski definition) is 5. The van der Waals surface area contributed by atoms with Gasteiger partial charge >= 0.3 is 5.97 Å². The van der Waals surface area contributed by atoms with E-state index in [-0.39, 0.29) is 24.7 Å². The lowest BCUT2D eigenvalue weighted by Gasteiger charge is -2.50. The third-order valence-electron chi connectivity index (χ3n) is 4.31. The van der Waals surface area contributed by atoms with E-state index in [2.05, 4.69) is 5.16 Å². The summed E-state index contributed by atoms with van der Waals surface area (Å²) in [5, 5.41) is 12.4. The molecule has 0 aliphatic heterocycles. The van der Waals surface area contributed by atoms with Crippen molar-refractivity contribution in [2.75, 3.05) is 6.61 Å². The summed E-state index contributed by atoms with van der Waals surface area (Å²) in [4.78, 5) is 24.6. The number of carbonyl (C=O) groups is 2. The molecular formula is C14H19NO4. The normalized spacial score (nSPS) is 34.3. The Balaban J connectivity index is 2.56. The van der Waals surface area contributed by atoms with Crippen LogP contribution in [0.25, 0.3) is 0 Å². The Morgan fingerprint density at radius 2 is 2.16 bits per heavy atom. The third kappa shape index (κ3) is 1.71. The van der Waals surface area contributed by atoms with Crippen LogP contribution in [0.2, 0.25) is 0 Å². The molecule has 2 bridgehead atoms. The van der Waals surface area contributed by atoms with Gasteiger partial charge in [0.25, 0.3) is 0 Å². The number of hydrogen-bond donors (Lipinski definition) is 1. The van der Waals surface area contributed by atoms with Crippen LogP contribution in [0.3, 0.4) is 0 Å². The molecule has 1 saturated carbocycles. The number of esters is 1. The van der Waals surface area contributed by atoms with Gasteiger partial charge in [0.15, 0.2) is 0 Å². The first-order valence-corrected chi connectivity index (χ1v) is 6.44. The van der Waals surface area contributed by atoms with E-state index in [4.69, 9.17) is 9.94 Å². The minimum atomic E-state index is -0.952. The quantitative estimate of drug-likeness (QED) is 0.470. The van der Waals surface area contributed by atoms with Crippen LogP contribution in [0.15, 0.2) is 16.8 Å². The predicted molar refractivity (Wildman–Crippen MR) is 68.9 cm³/mol. The molecule has 2 atom stereocenters. The second-order valence-electron chi connectivity index (χ2n) is 5.93. The molecule has 0 saturated heterocycles. The Bertz CT molecular complexity index is 504. The minimum Gasteiger partial charge on any atom is -0.463 e. The smallest absolute Gasteiger partial charge is 0.334 e. The van der Waals surface area contributed by atoms with E-state index in [1.54, 1.807) is 19.9 Å². The monoisotopic (exact) mass is 265 g/mol. The lowest BCUT2D eigenvalue weighted by molar-refractivity contribution is -0.147. The fourth-order valence-electron chi connectivity index (χ4n) is 3.29. The molecule has 3 aliphatic carbocycles. The van der Waals surface area contributed by atoms with E-state index >= 15 is 0 Å². The van der Waals surface area contributed by atoms with Crippen molar-refractivity contribution in [3.8, 4) is 0 Å². The first kappa shape index (κ1) is 13.8. The number of rotatable bonds is 2. The van der Waals surface area contributed by atoms with Gasteiger partial charge in [-0.15, -0.1) is 0 Å². The summed E-state index contributed by atoms with van der Waals surface area (Å²) in [6, 6.07) is 0. The van der Waals surface area contributed by atoms with Crippen LogP contribution >= 0.6 is 0 Å². The number of oxime groups is 1. The summed E-state index contributed by atoms with van der Waals surface area (Å²) in [7, 11) is 0. The van der Waals surface area contributed by atoms with Gasteiger partial charge in [-0.3, -0.25) is 4.79 Å². The zero-order valence-corrected chi connectivity index (χ0v) is 11.7. The molecule has 0 aromatic heterocycles. The van der Waals surface area contributed by atoms with Gasteiger partial charge in [0.2, 0.25) is 0 Å². The highest BCUT2D eigenvalue weighted by atomic mass is 16.5. The number of carbonyl (C=O) groups excluding carboxylic acids is 2. The SMILES string of the molecule is CCOC(=O)C1=C[C@H]2/C(=N/O)C[C@]1(C)C(=O)C2(C)C. The number of nitrogens with zero attached hydrogens (tertiary/aromatic N) is 1. The van der Waals surface area contributed by atoms with Gasteiger partial charge in [0, 0.05) is 23.3 Å². The molecule has 5 nitrogen and oxygen atoms in total. The van der Waals surface area contributed by atoms with Crippen molar-refractivity contribution in [2.24, 2.45) is 21.9 Å². The van der Waals surface area contributed by atoms with Crippen LogP contribution in [0, 0.1) is 16.7 Å². The lowest BCUT2D eigenvalue weighted by atomic mass is 9.50. The van der Waals surface area contributed by atoms with E-state index in [1.807, 2.05) is 13.8 Å². The van der Waals surface area contributed by atoms with E-state index in [9.17, 15) is 9.59 Å². The fourth-order valence-corrected chi connectivity index (χ4v) is 3.29. The largest absolute Gasteiger partial charge is 0.463 e.